The maximum Gasteiger partial charge on any atom is 0.255 e. The number of carbonyl (C=O) groups excluding carboxylic acids is 1. The van der Waals surface area contributed by atoms with Crippen LogP contribution in [-0.4, -0.2) is 5.91 Å². The van der Waals surface area contributed by atoms with E-state index in [4.69, 9.17) is 4.74 Å². The van der Waals surface area contributed by atoms with Crippen molar-refractivity contribution in [1.29, 1.82) is 0 Å². The van der Waals surface area contributed by atoms with E-state index in [1.54, 1.807) is 6.07 Å². The molecule has 0 heterocycles. The molecular weight excluding hydrogens is 334 g/mol. The average molecular weight is 359 g/mol. The molecule has 0 aliphatic carbocycles. The lowest BCUT2D eigenvalue weighted by Gasteiger charge is -2.19. The molecule has 0 aliphatic heterocycles. The topological polar surface area (TPSA) is 38.3 Å². The van der Waals surface area contributed by atoms with Gasteiger partial charge >= 0.3 is 0 Å². The molecule has 3 rings (SSSR count). The molecule has 3 heteroatoms. The summed E-state index contributed by atoms with van der Waals surface area (Å²) in [5.41, 5.74) is 3.94. The van der Waals surface area contributed by atoms with Crippen molar-refractivity contribution in [3.05, 3.63) is 101 Å². The van der Waals surface area contributed by atoms with Crippen LogP contribution in [0.4, 0.5) is 0 Å². The lowest BCUT2D eigenvalue weighted by atomic mass is 10.0. The molecule has 27 heavy (non-hydrogen) atoms. The SMILES string of the molecule is CCC(NC(=O)c1ccccc1OCc1ccccc1)c1ccc(C)cc1. The number of hydrogen-bond donors (Lipinski definition) is 1. The zero-order valence-corrected chi connectivity index (χ0v) is 15.8. The first-order chi connectivity index (χ1) is 13.2. The molecule has 3 aromatic carbocycles. The molecule has 0 aromatic heterocycles. The van der Waals surface area contributed by atoms with E-state index in [1.807, 2.05) is 48.5 Å². The Morgan fingerprint density at radius 3 is 2.30 bits per heavy atom. The van der Waals surface area contributed by atoms with E-state index in [-0.39, 0.29) is 11.9 Å². The molecule has 3 nitrogen and oxygen atoms in total. The Morgan fingerprint density at radius 1 is 0.926 bits per heavy atom. The maximum atomic E-state index is 12.9. The summed E-state index contributed by atoms with van der Waals surface area (Å²) in [6, 6.07) is 25.6. The third-order valence-corrected chi connectivity index (χ3v) is 4.56. The zero-order valence-electron chi connectivity index (χ0n) is 15.8. The Balaban J connectivity index is 1.73. The minimum atomic E-state index is -0.119. The van der Waals surface area contributed by atoms with Gasteiger partial charge in [0.25, 0.3) is 5.91 Å². The largest absolute Gasteiger partial charge is 0.488 e. The van der Waals surface area contributed by atoms with Crippen LogP contribution in [-0.2, 0) is 6.61 Å². The molecule has 0 saturated heterocycles. The highest BCUT2D eigenvalue weighted by Crippen LogP contribution is 2.22. The Hall–Kier alpha value is -3.07. The van der Waals surface area contributed by atoms with Gasteiger partial charge in [-0.1, -0.05) is 79.2 Å². The highest BCUT2D eigenvalue weighted by atomic mass is 16.5. The maximum absolute atomic E-state index is 12.9. The van der Waals surface area contributed by atoms with E-state index in [1.165, 1.54) is 5.56 Å². The number of benzene rings is 3. The first-order valence-corrected chi connectivity index (χ1v) is 9.30. The molecule has 0 bridgehead atoms. The second kappa shape index (κ2) is 9.04. The molecule has 0 aliphatic rings. The molecule has 0 saturated carbocycles. The zero-order chi connectivity index (χ0) is 19.1. The van der Waals surface area contributed by atoms with Crippen molar-refractivity contribution < 1.29 is 9.53 Å². The first-order valence-electron chi connectivity index (χ1n) is 9.30. The summed E-state index contributed by atoms with van der Waals surface area (Å²) in [7, 11) is 0. The van der Waals surface area contributed by atoms with E-state index in [2.05, 4.69) is 43.4 Å². The Labute approximate surface area is 161 Å². The fourth-order valence-electron chi connectivity index (χ4n) is 2.97. The van der Waals surface area contributed by atoms with Crippen molar-refractivity contribution in [2.75, 3.05) is 0 Å². The number of carbonyl (C=O) groups is 1. The van der Waals surface area contributed by atoms with Crippen molar-refractivity contribution in [3.63, 3.8) is 0 Å². The predicted molar refractivity (Wildman–Crippen MR) is 109 cm³/mol. The van der Waals surface area contributed by atoms with Crippen molar-refractivity contribution in [2.24, 2.45) is 0 Å². The van der Waals surface area contributed by atoms with Gasteiger partial charge in [0, 0.05) is 0 Å². The Morgan fingerprint density at radius 2 is 1.59 bits per heavy atom. The molecule has 0 spiro atoms. The molecule has 1 amide bonds. The van der Waals surface area contributed by atoms with Crippen LogP contribution in [0.1, 0.15) is 46.4 Å². The summed E-state index contributed by atoms with van der Waals surface area (Å²) < 4.78 is 5.92. The van der Waals surface area contributed by atoms with Gasteiger partial charge in [-0.3, -0.25) is 4.79 Å². The highest BCUT2D eigenvalue weighted by molar-refractivity contribution is 5.97. The van der Waals surface area contributed by atoms with Gasteiger partial charge in [-0.05, 0) is 36.6 Å². The third kappa shape index (κ3) is 4.98. The van der Waals surface area contributed by atoms with E-state index in [9.17, 15) is 4.79 Å². The fraction of sp³-hybridized carbons (Fsp3) is 0.208. The van der Waals surface area contributed by atoms with Crippen molar-refractivity contribution in [2.45, 2.75) is 32.9 Å². The van der Waals surface area contributed by atoms with E-state index in [0.29, 0.717) is 17.9 Å². The number of ether oxygens (including phenoxy) is 1. The van der Waals surface area contributed by atoms with E-state index >= 15 is 0 Å². The number of rotatable bonds is 7. The minimum absolute atomic E-state index is 0.0275. The van der Waals surface area contributed by atoms with Crippen LogP contribution in [0.2, 0.25) is 0 Å². The summed E-state index contributed by atoms with van der Waals surface area (Å²) in [5, 5.41) is 3.14. The predicted octanol–water partition coefficient (Wildman–Crippen LogP) is 5.46. The summed E-state index contributed by atoms with van der Waals surface area (Å²) in [6.45, 7) is 4.56. The molecule has 0 fully saturated rings. The van der Waals surface area contributed by atoms with Gasteiger partial charge in [0.15, 0.2) is 0 Å². The van der Waals surface area contributed by atoms with Gasteiger partial charge in [0.05, 0.1) is 11.6 Å². The highest BCUT2D eigenvalue weighted by Gasteiger charge is 2.17. The smallest absolute Gasteiger partial charge is 0.255 e. The number of nitrogens with one attached hydrogen (secondary N) is 1. The van der Waals surface area contributed by atoms with Crippen LogP contribution in [0.25, 0.3) is 0 Å². The molecule has 138 valence electrons. The third-order valence-electron chi connectivity index (χ3n) is 4.56. The summed E-state index contributed by atoms with van der Waals surface area (Å²) in [4.78, 5) is 12.9. The summed E-state index contributed by atoms with van der Waals surface area (Å²) in [6.07, 6.45) is 0.821. The lowest BCUT2D eigenvalue weighted by Crippen LogP contribution is -2.28. The van der Waals surface area contributed by atoms with Gasteiger partial charge in [-0.2, -0.15) is 0 Å². The van der Waals surface area contributed by atoms with Crippen molar-refractivity contribution in [3.8, 4) is 5.75 Å². The van der Waals surface area contributed by atoms with Crippen LogP contribution in [0.3, 0.4) is 0 Å². The molecular formula is C24H25NO2. The monoisotopic (exact) mass is 359 g/mol. The van der Waals surface area contributed by atoms with E-state index < -0.39 is 0 Å². The van der Waals surface area contributed by atoms with Gasteiger partial charge < -0.3 is 10.1 Å². The normalized spacial score (nSPS) is 11.6. The lowest BCUT2D eigenvalue weighted by molar-refractivity contribution is 0.0931. The van der Waals surface area contributed by atoms with Crippen LogP contribution in [0.5, 0.6) is 5.75 Å². The van der Waals surface area contributed by atoms with Crippen LogP contribution < -0.4 is 10.1 Å². The molecule has 3 aromatic rings. The van der Waals surface area contributed by atoms with Crippen molar-refractivity contribution in [1.82, 2.24) is 5.32 Å². The standard InChI is InChI=1S/C24H25NO2/c1-3-22(20-15-13-18(2)14-16-20)25-24(26)21-11-7-8-12-23(21)27-17-19-9-5-4-6-10-19/h4-16,22H,3,17H2,1-2H3,(H,25,26). The Bertz CT molecular complexity index is 872. The van der Waals surface area contributed by atoms with Crippen molar-refractivity contribution >= 4 is 5.91 Å². The Kier molecular flexibility index (Phi) is 6.26. The fourth-order valence-corrected chi connectivity index (χ4v) is 2.97. The van der Waals surface area contributed by atoms with Crippen LogP contribution in [0.15, 0.2) is 78.9 Å². The first kappa shape index (κ1) is 18.7. The van der Waals surface area contributed by atoms with Gasteiger partial charge in [-0.25, -0.2) is 0 Å². The summed E-state index contributed by atoms with van der Waals surface area (Å²) in [5.74, 6) is 0.476. The number of amides is 1. The number of aryl methyl sites for hydroxylation is 1. The van der Waals surface area contributed by atoms with Crippen LogP contribution >= 0.6 is 0 Å². The van der Waals surface area contributed by atoms with E-state index in [0.717, 1.165) is 17.5 Å². The second-order valence-electron chi connectivity index (χ2n) is 6.62. The molecule has 0 radical (unpaired) electrons. The quantitative estimate of drug-likeness (QED) is 0.609. The molecule has 1 unspecified atom stereocenters. The summed E-state index contributed by atoms with van der Waals surface area (Å²) >= 11 is 0. The molecule has 1 atom stereocenters. The number of hydrogen-bond acceptors (Lipinski definition) is 2. The van der Waals surface area contributed by atoms with Gasteiger partial charge in [-0.15, -0.1) is 0 Å². The van der Waals surface area contributed by atoms with Crippen LogP contribution in [0, 0.1) is 6.92 Å². The van der Waals surface area contributed by atoms with Gasteiger partial charge in [0.2, 0.25) is 0 Å². The minimum Gasteiger partial charge on any atom is -0.488 e. The average Bonchev–Trinajstić information content (AvgIpc) is 2.72. The second-order valence-corrected chi connectivity index (χ2v) is 6.62. The molecule has 1 N–H and O–H groups in total. The number of para-hydroxylation sites is 1. The van der Waals surface area contributed by atoms with Gasteiger partial charge in [0.1, 0.15) is 12.4 Å².